The molecule has 7 nitrogen and oxygen atoms in total. The molecule has 2 aromatic carbocycles. The molecule has 3 aromatic rings. The summed E-state index contributed by atoms with van der Waals surface area (Å²) in [4.78, 5) is 36.6. The van der Waals surface area contributed by atoms with Crippen LogP contribution in [0.4, 0.5) is 4.39 Å². The topological polar surface area (TPSA) is 84.4 Å². The van der Waals surface area contributed by atoms with Crippen LogP contribution in [0.25, 0.3) is 0 Å². The number of likely N-dealkylation sites (tertiary alicyclic amines) is 1. The van der Waals surface area contributed by atoms with E-state index in [9.17, 15) is 14.0 Å². The standard InChI is InChI=1S/C26H27FN4O3/c1-26(2,30-23(32)18-8-6-10-20(27)16-18)25(33)31-15-7-9-19(17-31)22-24(29-14-13-28-22)34-21-11-4-3-5-12-21/h3-6,8,10-14,16,19H,7,9,15,17H2,1-2H3,(H,30,32)/t19-/m0/s1. The van der Waals surface area contributed by atoms with E-state index >= 15 is 0 Å². The number of para-hydroxylation sites is 1. The quantitative estimate of drug-likeness (QED) is 0.590. The lowest BCUT2D eigenvalue weighted by Gasteiger charge is -2.37. The second kappa shape index (κ2) is 9.99. The van der Waals surface area contributed by atoms with E-state index in [1.807, 2.05) is 30.3 Å². The van der Waals surface area contributed by atoms with E-state index in [2.05, 4.69) is 15.3 Å². The van der Waals surface area contributed by atoms with Gasteiger partial charge in [-0.15, -0.1) is 0 Å². The smallest absolute Gasteiger partial charge is 0.252 e. The normalized spacial score (nSPS) is 16.1. The first-order chi connectivity index (χ1) is 16.3. The van der Waals surface area contributed by atoms with Crippen molar-refractivity contribution in [3.05, 3.63) is 84.1 Å². The molecular weight excluding hydrogens is 435 g/mol. The summed E-state index contributed by atoms with van der Waals surface area (Å²) in [5, 5.41) is 2.75. The van der Waals surface area contributed by atoms with E-state index in [1.165, 1.54) is 18.2 Å². The molecule has 176 valence electrons. The molecule has 34 heavy (non-hydrogen) atoms. The fraction of sp³-hybridized carbons (Fsp3) is 0.308. The Bertz CT molecular complexity index is 1170. The number of amides is 2. The minimum atomic E-state index is -1.17. The van der Waals surface area contributed by atoms with Crippen molar-refractivity contribution in [2.45, 2.75) is 38.1 Å². The van der Waals surface area contributed by atoms with Crippen molar-refractivity contribution in [2.24, 2.45) is 0 Å². The molecule has 1 aromatic heterocycles. The van der Waals surface area contributed by atoms with E-state index < -0.39 is 17.3 Å². The predicted molar refractivity (Wildman–Crippen MR) is 125 cm³/mol. The number of aromatic nitrogens is 2. The molecule has 1 fully saturated rings. The van der Waals surface area contributed by atoms with Crippen LogP contribution in [0.15, 0.2) is 67.0 Å². The summed E-state index contributed by atoms with van der Waals surface area (Å²) in [6.45, 7) is 4.32. The Hall–Kier alpha value is -3.81. The van der Waals surface area contributed by atoms with Gasteiger partial charge in [0, 0.05) is 37.0 Å². The molecule has 1 saturated heterocycles. The zero-order chi connectivity index (χ0) is 24.1. The maximum absolute atomic E-state index is 13.5. The Morgan fingerprint density at radius 2 is 1.85 bits per heavy atom. The average Bonchev–Trinajstić information content (AvgIpc) is 2.84. The highest BCUT2D eigenvalue weighted by atomic mass is 19.1. The highest BCUT2D eigenvalue weighted by Crippen LogP contribution is 2.33. The van der Waals surface area contributed by atoms with Crippen LogP contribution in [0.5, 0.6) is 11.6 Å². The maximum Gasteiger partial charge on any atom is 0.252 e. The largest absolute Gasteiger partial charge is 0.437 e. The Kier molecular flexibility index (Phi) is 6.86. The number of nitrogens with zero attached hydrogens (tertiary/aromatic N) is 3. The molecule has 0 aliphatic carbocycles. The summed E-state index contributed by atoms with van der Waals surface area (Å²) >= 11 is 0. The van der Waals surface area contributed by atoms with Gasteiger partial charge in [-0.25, -0.2) is 9.37 Å². The molecule has 0 saturated carbocycles. The number of piperidine rings is 1. The van der Waals surface area contributed by atoms with Crippen LogP contribution in [0.3, 0.4) is 0 Å². The van der Waals surface area contributed by atoms with Gasteiger partial charge in [-0.3, -0.25) is 14.6 Å². The number of halogens is 1. The molecule has 1 N–H and O–H groups in total. The third-order valence-corrected chi connectivity index (χ3v) is 5.79. The summed E-state index contributed by atoms with van der Waals surface area (Å²) in [6.07, 6.45) is 4.82. The number of benzene rings is 2. The molecule has 1 aliphatic rings. The van der Waals surface area contributed by atoms with Gasteiger partial charge in [-0.1, -0.05) is 24.3 Å². The molecule has 0 spiro atoms. The fourth-order valence-corrected chi connectivity index (χ4v) is 4.11. The number of ether oxygens (including phenoxy) is 1. The summed E-state index contributed by atoms with van der Waals surface area (Å²) in [5.74, 6) is -0.191. The van der Waals surface area contributed by atoms with Gasteiger partial charge in [0.05, 0.1) is 0 Å². The van der Waals surface area contributed by atoms with Crippen LogP contribution >= 0.6 is 0 Å². The van der Waals surface area contributed by atoms with E-state index in [1.54, 1.807) is 31.1 Å². The molecule has 2 heterocycles. The Balaban J connectivity index is 1.47. The first-order valence-corrected chi connectivity index (χ1v) is 11.2. The first-order valence-electron chi connectivity index (χ1n) is 11.2. The molecule has 2 amide bonds. The van der Waals surface area contributed by atoms with Gasteiger partial charge in [-0.2, -0.15) is 0 Å². The van der Waals surface area contributed by atoms with Crippen molar-refractivity contribution in [1.82, 2.24) is 20.2 Å². The molecule has 8 heteroatoms. The molecule has 1 aliphatic heterocycles. The Labute approximate surface area is 198 Å². The zero-order valence-electron chi connectivity index (χ0n) is 19.2. The minimum absolute atomic E-state index is 0.0557. The number of nitrogens with one attached hydrogen (secondary N) is 1. The lowest BCUT2D eigenvalue weighted by Crippen LogP contribution is -2.57. The number of carbonyl (C=O) groups excluding carboxylic acids is 2. The van der Waals surface area contributed by atoms with Crippen molar-refractivity contribution in [2.75, 3.05) is 13.1 Å². The van der Waals surface area contributed by atoms with Crippen LogP contribution < -0.4 is 10.1 Å². The molecule has 4 rings (SSSR count). The summed E-state index contributed by atoms with van der Waals surface area (Å²) in [5.41, 5.74) is -0.304. The summed E-state index contributed by atoms with van der Waals surface area (Å²) in [7, 11) is 0. The Morgan fingerprint density at radius 1 is 1.09 bits per heavy atom. The van der Waals surface area contributed by atoms with Gasteiger partial charge in [-0.05, 0) is 57.0 Å². The molecule has 0 unspecified atom stereocenters. The zero-order valence-corrected chi connectivity index (χ0v) is 19.2. The molecule has 0 radical (unpaired) electrons. The molecular formula is C26H27FN4O3. The first kappa shape index (κ1) is 23.4. The van der Waals surface area contributed by atoms with E-state index in [0.29, 0.717) is 30.4 Å². The highest BCUT2D eigenvalue weighted by molar-refractivity contribution is 5.99. The number of rotatable bonds is 6. The lowest BCUT2D eigenvalue weighted by atomic mass is 9.92. The molecule has 1 atom stereocenters. The van der Waals surface area contributed by atoms with Gasteiger partial charge < -0.3 is 15.0 Å². The van der Waals surface area contributed by atoms with Crippen molar-refractivity contribution < 1.29 is 18.7 Å². The monoisotopic (exact) mass is 462 g/mol. The van der Waals surface area contributed by atoms with E-state index in [0.717, 1.165) is 18.9 Å². The van der Waals surface area contributed by atoms with Crippen LogP contribution in [0.1, 0.15) is 48.7 Å². The van der Waals surface area contributed by atoms with Gasteiger partial charge in [0.1, 0.15) is 22.8 Å². The van der Waals surface area contributed by atoms with E-state index in [4.69, 9.17) is 4.74 Å². The van der Waals surface area contributed by atoms with Gasteiger partial charge in [0.15, 0.2) is 0 Å². The number of hydrogen-bond donors (Lipinski definition) is 1. The fourth-order valence-electron chi connectivity index (χ4n) is 4.11. The van der Waals surface area contributed by atoms with Gasteiger partial charge >= 0.3 is 0 Å². The second-order valence-electron chi connectivity index (χ2n) is 8.84. The van der Waals surface area contributed by atoms with Gasteiger partial charge in [0.2, 0.25) is 11.8 Å². The van der Waals surface area contributed by atoms with Gasteiger partial charge in [0.25, 0.3) is 5.91 Å². The van der Waals surface area contributed by atoms with Crippen molar-refractivity contribution >= 4 is 11.8 Å². The minimum Gasteiger partial charge on any atom is -0.437 e. The number of hydrogen-bond acceptors (Lipinski definition) is 5. The van der Waals surface area contributed by atoms with Crippen LogP contribution in [0.2, 0.25) is 0 Å². The highest BCUT2D eigenvalue weighted by Gasteiger charge is 2.37. The van der Waals surface area contributed by atoms with Crippen molar-refractivity contribution in [3.8, 4) is 11.6 Å². The summed E-state index contributed by atoms with van der Waals surface area (Å²) < 4.78 is 19.5. The third kappa shape index (κ3) is 5.39. The van der Waals surface area contributed by atoms with Crippen LogP contribution in [-0.4, -0.2) is 45.3 Å². The average molecular weight is 463 g/mol. The van der Waals surface area contributed by atoms with Crippen LogP contribution in [0, 0.1) is 5.82 Å². The van der Waals surface area contributed by atoms with Crippen molar-refractivity contribution in [1.29, 1.82) is 0 Å². The molecule has 0 bridgehead atoms. The van der Waals surface area contributed by atoms with Crippen molar-refractivity contribution in [3.63, 3.8) is 0 Å². The summed E-state index contributed by atoms with van der Waals surface area (Å²) in [6, 6.07) is 14.8. The lowest BCUT2D eigenvalue weighted by molar-refractivity contribution is -0.138. The SMILES string of the molecule is CC(C)(NC(=O)c1cccc(F)c1)C(=O)N1CCC[C@H](c2nccnc2Oc2ccccc2)C1. The predicted octanol–water partition coefficient (Wildman–Crippen LogP) is 4.32. The van der Waals surface area contributed by atoms with E-state index in [-0.39, 0.29) is 17.4 Å². The third-order valence-electron chi connectivity index (χ3n) is 5.79. The maximum atomic E-state index is 13.5. The number of carbonyl (C=O) groups is 2. The Morgan fingerprint density at radius 3 is 2.62 bits per heavy atom. The van der Waals surface area contributed by atoms with Crippen LogP contribution in [-0.2, 0) is 4.79 Å². The second-order valence-corrected chi connectivity index (χ2v) is 8.84.